The molecular weight excluding hydrogens is 380 g/mol. The molecule has 0 aliphatic heterocycles. The van der Waals surface area contributed by atoms with Gasteiger partial charge in [0.25, 0.3) is 5.91 Å². The minimum Gasteiger partial charge on any atom is -0.397 e. The molecule has 2 N–H and O–H groups in total. The number of thiophene rings is 1. The number of nitrogens with zero attached hydrogens (tertiary/aromatic N) is 3. The van der Waals surface area contributed by atoms with Crippen molar-refractivity contribution < 1.29 is 4.79 Å². The number of pyridine rings is 2. The van der Waals surface area contributed by atoms with Gasteiger partial charge in [0.15, 0.2) is 0 Å². The molecule has 0 saturated carbocycles. The smallest absolute Gasteiger partial charge is 0.270 e. The highest BCUT2D eigenvalue weighted by atomic mass is 32.1. The van der Waals surface area contributed by atoms with Gasteiger partial charge in [-0.1, -0.05) is 30.4 Å². The Balaban J connectivity index is 1.75. The molecule has 1 amide bonds. The summed E-state index contributed by atoms with van der Waals surface area (Å²) in [5, 5.41) is 0.796. The quantitative estimate of drug-likeness (QED) is 0.470. The van der Waals surface area contributed by atoms with Crippen LogP contribution in [0.3, 0.4) is 0 Å². The van der Waals surface area contributed by atoms with Crippen molar-refractivity contribution in [3.05, 3.63) is 84.0 Å². The highest BCUT2D eigenvalue weighted by Crippen LogP contribution is 2.35. The fourth-order valence-corrected chi connectivity index (χ4v) is 4.12. The first kappa shape index (κ1) is 18.8. The van der Waals surface area contributed by atoms with E-state index in [1.165, 1.54) is 11.3 Å². The normalized spacial score (nSPS) is 11.2. The molecule has 0 bridgehead atoms. The van der Waals surface area contributed by atoms with E-state index in [4.69, 9.17) is 10.7 Å². The Hall–Kier alpha value is -3.51. The molecular formula is C23H20N4OS. The van der Waals surface area contributed by atoms with E-state index in [0.717, 1.165) is 27.2 Å². The summed E-state index contributed by atoms with van der Waals surface area (Å²) >= 11 is 1.33. The standard InChI is InChI=1S/C23H20N4OS/c1-2-3-14-27(17-9-5-4-6-10-17)23(28)21-20(24)18-11-12-19(26-22(18)29-21)16-8-7-13-25-15-16/h2-13,15H,14,24H2,1H3/b3-2+. The number of nitrogens with two attached hydrogens (primary N) is 1. The van der Waals surface area contributed by atoms with E-state index in [1.54, 1.807) is 17.3 Å². The predicted octanol–water partition coefficient (Wildman–Crippen LogP) is 5.16. The highest BCUT2D eigenvalue weighted by Gasteiger charge is 2.23. The van der Waals surface area contributed by atoms with E-state index >= 15 is 0 Å². The number of anilines is 2. The summed E-state index contributed by atoms with van der Waals surface area (Å²) in [6.45, 7) is 2.41. The van der Waals surface area contributed by atoms with Gasteiger partial charge in [-0.3, -0.25) is 9.78 Å². The molecule has 0 radical (unpaired) electrons. The Bertz CT molecular complexity index is 1170. The molecule has 6 heteroatoms. The van der Waals surface area contributed by atoms with E-state index in [2.05, 4.69) is 4.98 Å². The number of para-hydroxylation sites is 1. The number of carbonyl (C=O) groups excluding carboxylic acids is 1. The Labute approximate surface area is 173 Å². The topological polar surface area (TPSA) is 72.1 Å². The molecule has 1 aromatic carbocycles. The van der Waals surface area contributed by atoms with Crippen molar-refractivity contribution in [3.63, 3.8) is 0 Å². The summed E-state index contributed by atoms with van der Waals surface area (Å²) in [5.74, 6) is -0.127. The largest absolute Gasteiger partial charge is 0.397 e. The summed E-state index contributed by atoms with van der Waals surface area (Å²) in [7, 11) is 0. The lowest BCUT2D eigenvalue weighted by Gasteiger charge is -2.21. The molecule has 0 aliphatic carbocycles. The number of amides is 1. The van der Waals surface area contributed by atoms with Gasteiger partial charge in [0.1, 0.15) is 9.71 Å². The zero-order valence-electron chi connectivity index (χ0n) is 15.9. The van der Waals surface area contributed by atoms with Crippen molar-refractivity contribution in [2.24, 2.45) is 0 Å². The Morgan fingerprint density at radius 3 is 2.69 bits per heavy atom. The maximum absolute atomic E-state index is 13.4. The fraction of sp³-hybridized carbons (Fsp3) is 0.0870. The average Bonchev–Trinajstić information content (AvgIpc) is 3.11. The van der Waals surface area contributed by atoms with Crippen LogP contribution in [0.5, 0.6) is 0 Å². The van der Waals surface area contributed by atoms with Crippen molar-refractivity contribution in [1.29, 1.82) is 0 Å². The molecule has 0 aliphatic rings. The van der Waals surface area contributed by atoms with Gasteiger partial charge in [0.05, 0.1) is 11.4 Å². The van der Waals surface area contributed by atoms with E-state index < -0.39 is 0 Å². The minimum absolute atomic E-state index is 0.127. The Kier molecular flexibility index (Phi) is 5.35. The summed E-state index contributed by atoms with van der Waals surface area (Å²) in [4.78, 5) is 25.2. The van der Waals surface area contributed by atoms with Crippen molar-refractivity contribution in [2.45, 2.75) is 6.92 Å². The van der Waals surface area contributed by atoms with Crippen LogP contribution in [0, 0.1) is 0 Å². The van der Waals surface area contributed by atoms with Crippen LogP contribution in [0.25, 0.3) is 21.5 Å². The van der Waals surface area contributed by atoms with Crippen LogP contribution in [0.2, 0.25) is 0 Å². The number of hydrogen-bond acceptors (Lipinski definition) is 5. The van der Waals surface area contributed by atoms with Gasteiger partial charge in [-0.05, 0) is 43.3 Å². The number of allylic oxidation sites excluding steroid dienone is 1. The molecule has 0 fully saturated rings. The van der Waals surface area contributed by atoms with Crippen molar-refractivity contribution in [1.82, 2.24) is 9.97 Å². The van der Waals surface area contributed by atoms with E-state index in [-0.39, 0.29) is 5.91 Å². The number of fused-ring (bicyclic) bond motifs is 1. The van der Waals surface area contributed by atoms with Crippen molar-refractivity contribution in [2.75, 3.05) is 17.2 Å². The monoisotopic (exact) mass is 400 g/mol. The van der Waals surface area contributed by atoms with Crippen LogP contribution < -0.4 is 10.6 Å². The van der Waals surface area contributed by atoms with Crippen LogP contribution in [-0.4, -0.2) is 22.4 Å². The third-order valence-electron chi connectivity index (χ3n) is 4.58. The summed E-state index contributed by atoms with van der Waals surface area (Å²) in [5.41, 5.74) is 9.40. The van der Waals surface area contributed by atoms with Crippen LogP contribution in [0.1, 0.15) is 16.6 Å². The van der Waals surface area contributed by atoms with Gasteiger partial charge < -0.3 is 10.6 Å². The third-order valence-corrected chi connectivity index (χ3v) is 5.69. The van der Waals surface area contributed by atoms with Gasteiger partial charge in [0, 0.05) is 35.6 Å². The van der Waals surface area contributed by atoms with Crippen LogP contribution >= 0.6 is 11.3 Å². The SMILES string of the molecule is C/C=C/CN(C(=O)c1sc2nc(-c3cccnc3)ccc2c1N)c1ccccc1. The number of nitrogen functional groups attached to an aromatic ring is 1. The maximum atomic E-state index is 13.4. The zero-order chi connectivity index (χ0) is 20.2. The average molecular weight is 401 g/mol. The molecule has 144 valence electrons. The third kappa shape index (κ3) is 3.75. The number of aromatic nitrogens is 2. The summed E-state index contributed by atoms with van der Waals surface area (Å²) in [6.07, 6.45) is 7.38. The molecule has 3 aromatic heterocycles. The maximum Gasteiger partial charge on any atom is 0.270 e. The van der Waals surface area contributed by atoms with Crippen molar-refractivity contribution >= 4 is 38.8 Å². The second-order valence-corrected chi connectivity index (χ2v) is 7.46. The fourth-order valence-electron chi connectivity index (χ4n) is 3.08. The Morgan fingerprint density at radius 2 is 1.97 bits per heavy atom. The van der Waals surface area contributed by atoms with E-state index in [0.29, 0.717) is 17.1 Å². The van der Waals surface area contributed by atoms with Gasteiger partial charge in [-0.25, -0.2) is 4.98 Å². The van der Waals surface area contributed by atoms with E-state index in [9.17, 15) is 4.79 Å². The zero-order valence-corrected chi connectivity index (χ0v) is 16.8. The number of carbonyl (C=O) groups is 1. The first-order valence-corrected chi connectivity index (χ1v) is 10.1. The molecule has 0 unspecified atom stereocenters. The number of benzene rings is 1. The Morgan fingerprint density at radius 1 is 1.14 bits per heavy atom. The predicted molar refractivity (Wildman–Crippen MR) is 120 cm³/mol. The van der Waals surface area contributed by atoms with Gasteiger partial charge in [-0.2, -0.15) is 0 Å². The lowest BCUT2D eigenvalue weighted by molar-refractivity contribution is 0.0994. The number of hydrogen-bond donors (Lipinski definition) is 1. The lowest BCUT2D eigenvalue weighted by atomic mass is 10.1. The molecule has 0 saturated heterocycles. The van der Waals surface area contributed by atoms with E-state index in [1.807, 2.05) is 73.7 Å². The van der Waals surface area contributed by atoms with Crippen molar-refractivity contribution in [3.8, 4) is 11.3 Å². The molecule has 4 aromatic rings. The summed E-state index contributed by atoms with van der Waals surface area (Å²) in [6, 6.07) is 17.3. The van der Waals surface area contributed by atoms with Crippen LogP contribution in [0.15, 0.2) is 79.1 Å². The second kappa shape index (κ2) is 8.24. The first-order valence-electron chi connectivity index (χ1n) is 9.26. The number of rotatable bonds is 5. The molecule has 0 atom stereocenters. The molecule has 3 heterocycles. The molecule has 5 nitrogen and oxygen atoms in total. The molecule has 4 rings (SSSR count). The van der Waals surface area contributed by atoms with Gasteiger partial charge in [-0.15, -0.1) is 11.3 Å². The molecule has 29 heavy (non-hydrogen) atoms. The van der Waals surface area contributed by atoms with Crippen LogP contribution in [0.4, 0.5) is 11.4 Å². The van der Waals surface area contributed by atoms with Gasteiger partial charge >= 0.3 is 0 Å². The highest BCUT2D eigenvalue weighted by molar-refractivity contribution is 7.21. The lowest BCUT2D eigenvalue weighted by Crippen LogP contribution is -2.30. The second-order valence-electron chi connectivity index (χ2n) is 6.46. The first-order chi connectivity index (χ1) is 14.2. The summed E-state index contributed by atoms with van der Waals surface area (Å²) < 4.78 is 0. The van der Waals surface area contributed by atoms with Gasteiger partial charge in [0.2, 0.25) is 0 Å². The minimum atomic E-state index is -0.127. The molecule has 0 spiro atoms. The van der Waals surface area contributed by atoms with Crippen LogP contribution in [-0.2, 0) is 0 Å².